The number of ether oxygens (including phenoxy) is 2. The Morgan fingerprint density at radius 1 is 0.789 bits per heavy atom. The highest BCUT2D eigenvalue weighted by Crippen LogP contribution is 2.33. The van der Waals surface area contributed by atoms with Crippen molar-refractivity contribution in [3.63, 3.8) is 0 Å². The number of aromatic amines is 2. The van der Waals surface area contributed by atoms with E-state index in [1.807, 2.05) is 49.4 Å². The molecule has 306 valence electrons. The lowest BCUT2D eigenvalue weighted by Crippen LogP contribution is -2.44. The summed E-state index contributed by atoms with van der Waals surface area (Å²) in [4.78, 5) is 22.5. The lowest BCUT2D eigenvalue weighted by Gasteiger charge is -2.32. The summed E-state index contributed by atoms with van der Waals surface area (Å²) in [5.74, 6) is 3.86. The van der Waals surface area contributed by atoms with Crippen molar-refractivity contribution in [3.05, 3.63) is 95.4 Å². The molecule has 0 radical (unpaired) electrons. The van der Waals surface area contributed by atoms with Crippen LogP contribution in [0.5, 0.6) is 11.5 Å². The van der Waals surface area contributed by atoms with Crippen LogP contribution in [0.1, 0.15) is 49.8 Å². The summed E-state index contributed by atoms with van der Waals surface area (Å²) in [6, 6.07) is 18.6. The van der Waals surface area contributed by atoms with E-state index in [2.05, 4.69) is 48.7 Å². The molecule has 2 aliphatic heterocycles. The molecular weight excluding hydrogens is 751 g/mol. The summed E-state index contributed by atoms with van der Waals surface area (Å²) in [6.07, 6.45) is 6.29. The Morgan fingerprint density at radius 3 is 2.19 bits per heavy atom. The maximum Gasteiger partial charge on any atom is 0.416 e. The fourth-order valence-electron chi connectivity index (χ4n) is 7.23. The average molecular weight is 806 g/mol. The van der Waals surface area contributed by atoms with Crippen LogP contribution in [0, 0.1) is 12.8 Å². The number of halogens is 4. The molecule has 3 aromatic carbocycles. The minimum atomic E-state index is -4.35. The zero-order chi connectivity index (χ0) is 40.2. The number of rotatable bonds is 14. The topological polar surface area (TPSA) is 85.5 Å². The van der Waals surface area contributed by atoms with Crippen LogP contribution in [0.3, 0.4) is 0 Å². The number of likely N-dealkylation sites (tertiary alicyclic amines) is 1. The number of nitrogens with one attached hydrogen (secondary N) is 2. The van der Waals surface area contributed by atoms with Gasteiger partial charge in [-0.05, 0) is 115 Å². The Morgan fingerprint density at radius 2 is 1.49 bits per heavy atom. The van der Waals surface area contributed by atoms with Crippen LogP contribution in [0.2, 0.25) is 5.02 Å². The van der Waals surface area contributed by atoms with E-state index in [-0.39, 0.29) is 0 Å². The van der Waals surface area contributed by atoms with Gasteiger partial charge in [-0.2, -0.15) is 13.2 Å². The van der Waals surface area contributed by atoms with Crippen LogP contribution >= 0.6 is 11.6 Å². The fourth-order valence-corrected chi connectivity index (χ4v) is 7.47. The van der Waals surface area contributed by atoms with Gasteiger partial charge in [0.05, 0.1) is 29.5 Å². The molecule has 0 unspecified atom stereocenters. The molecule has 0 aliphatic carbocycles. The lowest BCUT2D eigenvalue weighted by molar-refractivity contribution is -0.137. The maximum atomic E-state index is 12.9. The maximum absolute atomic E-state index is 12.9. The van der Waals surface area contributed by atoms with Gasteiger partial charge >= 0.3 is 6.18 Å². The first-order valence-electron chi connectivity index (χ1n) is 20.0. The smallest absolute Gasteiger partial charge is 0.416 e. The second kappa shape index (κ2) is 20.4. The molecule has 0 atom stereocenters. The summed E-state index contributed by atoms with van der Waals surface area (Å²) >= 11 is 6.31. The third-order valence-corrected chi connectivity index (χ3v) is 11.1. The zero-order valence-corrected chi connectivity index (χ0v) is 34.0. The van der Waals surface area contributed by atoms with Crippen molar-refractivity contribution >= 4 is 11.6 Å². The molecule has 0 bridgehead atoms. The van der Waals surface area contributed by atoms with E-state index in [1.165, 1.54) is 50.9 Å². The van der Waals surface area contributed by atoms with Crippen LogP contribution in [0.25, 0.3) is 34.0 Å². The minimum Gasteiger partial charge on any atom is -0.494 e. The molecule has 4 heterocycles. The molecule has 0 saturated carbocycles. The number of alkyl halides is 3. The number of H-pyrrole nitrogens is 2. The van der Waals surface area contributed by atoms with E-state index in [0.717, 1.165) is 97.8 Å². The van der Waals surface area contributed by atoms with Gasteiger partial charge in [0.1, 0.15) is 23.1 Å². The highest BCUT2D eigenvalue weighted by atomic mass is 35.5. The van der Waals surface area contributed by atoms with Gasteiger partial charge in [-0.1, -0.05) is 42.3 Å². The number of imidazole rings is 2. The second-order valence-electron chi connectivity index (χ2n) is 15.2. The number of likely N-dealkylation sites (N-methyl/N-ethyl adjacent to an activating group) is 1. The Kier molecular flexibility index (Phi) is 15.1. The van der Waals surface area contributed by atoms with Crippen LogP contribution in [-0.2, 0) is 6.18 Å². The van der Waals surface area contributed by atoms with Gasteiger partial charge in [0, 0.05) is 67.5 Å². The molecule has 2 aromatic heterocycles. The highest BCUT2D eigenvalue weighted by molar-refractivity contribution is 6.32. The first kappa shape index (κ1) is 42.3. The number of unbranched alkanes of at least 4 members (excludes halogenated alkanes) is 1. The molecule has 2 N–H and O–H groups in total. The summed E-state index contributed by atoms with van der Waals surface area (Å²) < 4.78 is 50.4. The van der Waals surface area contributed by atoms with Crippen LogP contribution in [0.15, 0.2) is 79.1 Å². The average Bonchev–Trinajstić information content (AvgIpc) is 3.89. The highest BCUT2D eigenvalue weighted by Gasteiger charge is 2.30. The third kappa shape index (κ3) is 12.6. The first-order valence-corrected chi connectivity index (χ1v) is 20.4. The number of hydrogen-bond acceptors (Lipinski definition) is 7. The molecule has 2 saturated heterocycles. The van der Waals surface area contributed by atoms with E-state index in [0.29, 0.717) is 35.3 Å². The Balaban J connectivity index is 0.000000208. The Hall–Kier alpha value is -4.36. The third-order valence-electron chi connectivity index (χ3n) is 10.8. The molecule has 0 spiro atoms. The number of piperidine rings is 1. The van der Waals surface area contributed by atoms with Gasteiger partial charge in [0.15, 0.2) is 0 Å². The molecule has 5 aromatic rings. The summed E-state index contributed by atoms with van der Waals surface area (Å²) in [5.41, 5.74) is 3.26. The van der Waals surface area contributed by atoms with Gasteiger partial charge in [0.25, 0.3) is 0 Å². The normalized spacial score (nSPS) is 16.0. The van der Waals surface area contributed by atoms with Crippen molar-refractivity contribution in [2.24, 2.45) is 5.92 Å². The van der Waals surface area contributed by atoms with Gasteiger partial charge < -0.3 is 34.1 Å². The molecule has 0 amide bonds. The molecule has 57 heavy (non-hydrogen) atoms. The molecule has 2 fully saturated rings. The van der Waals surface area contributed by atoms with Crippen LogP contribution in [0.4, 0.5) is 13.2 Å². The quantitative estimate of drug-likeness (QED) is 0.108. The number of benzene rings is 3. The summed E-state index contributed by atoms with van der Waals surface area (Å²) in [6.45, 7) is 11.3. The van der Waals surface area contributed by atoms with Crippen molar-refractivity contribution in [1.29, 1.82) is 0 Å². The number of piperazine rings is 1. The molecule has 9 nitrogen and oxygen atoms in total. The molecule has 13 heteroatoms. The number of aromatic nitrogens is 4. The van der Waals surface area contributed by atoms with E-state index < -0.39 is 11.7 Å². The van der Waals surface area contributed by atoms with Crippen molar-refractivity contribution in [1.82, 2.24) is 34.6 Å². The number of hydrogen-bond donors (Lipinski definition) is 2. The van der Waals surface area contributed by atoms with Gasteiger partial charge in [-0.25, -0.2) is 9.97 Å². The number of aryl methyl sites for hydroxylation is 1. The van der Waals surface area contributed by atoms with E-state index in [9.17, 15) is 13.2 Å². The predicted molar refractivity (Wildman–Crippen MR) is 222 cm³/mol. The summed E-state index contributed by atoms with van der Waals surface area (Å²) in [5, 5.41) is 0.624. The monoisotopic (exact) mass is 805 g/mol. The number of nitrogens with zero attached hydrogens (tertiary/aromatic N) is 5. The first-order chi connectivity index (χ1) is 27.5. The van der Waals surface area contributed by atoms with Crippen LogP contribution in [-0.4, -0.2) is 108 Å². The van der Waals surface area contributed by atoms with Crippen molar-refractivity contribution < 1.29 is 22.6 Å². The Labute approximate surface area is 339 Å². The van der Waals surface area contributed by atoms with E-state index in [4.69, 9.17) is 21.1 Å². The van der Waals surface area contributed by atoms with Crippen molar-refractivity contribution in [2.45, 2.75) is 51.6 Å². The predicted octanol–water partition coefficient (Wildman–Crippen LogP) is 9.71. The van der Waals surface area contributed by atoms with Gasteiger partial charge in [-0.3, -0.25) is 0 Å². The molecular formula is C44H55ClF3N7O2. The molecule has 2 aliphatic rings. The lowest BCUT2D eigenvalue weighted by atomic mass is 9.92. The summed E-state index contributed by atoms with van der Waals surface area (Å²) in [7, 11) is 4.37. The second-order valence-corrected chi connectivity index (χ2v) is 15.6. The van der Waals surface area contributed by atoms with Gasteiger partial charge in [0.2, 0.25) is 0 Å². The van der Waals surface area contributed by atoms with Gasteiger partial charge in [-0.15, -0.1) is 0 Å². The standard InChI is InChI=1S/C27H32F3N3O.C17H23ClN4O/c1-19-25(21-9-11-23(12-10-21)27(28,29)30)32-26(31-19)22-7-5-8-24(18-22)34-17-4-3-6-20-13-15-33(2)16-14-20;1-21-8-10-22(11-9-21)7-2-12-23-16-4-3-14(13-15(16)18)17-19-5-6-20-17/h5,7-12,18,20H,3-4,6,13-17H2,1-2H3,(H,31,32);3-6,13H,2,7-12H2,1H3,(H,19,20). The van der Waals surface area contributed by atoms with Crippen LogP contribution < -0.4 is 9.47 Å². The SMILES string of the molecule is CN1CCN(CCCOc2ccc(-c3ncc[nH]3)cc2Cl)CC1.Cc1[nH]c(-c2cccc(OCCCCC3CCN(C)CC3)c2)nc1-c1ccc(C(F)(F)F)cc1. The zero-order valence-electron chi connectivity index (χ0n) is 33.3. The fraction of sp³-hybridized carbons (Fsp3) is 0.455. The van der Waals surface area contributed by atoms with E-state index >= 15 is 0 Å². The largest absolute Gasteiger partial charge is 0.494 e. The van der Waals surface area contributed by atoms with E-state index in [1.54, 1.807) is 12.4 Å². The van der Waals surface area contributed by atoms with Crippen molar-refractivity contribution in [2.75, 3.05) is 73.1 Å². The minimum absolute atomic E-state index is 0.624. The Bertz CT molecular complexity index is 1950. The van der Waals surface area contributed by atoms with Crippen molar-refractivity contribution in [3.8, 4) is 45.5 Å². The molecule has 7 rings (SSSR count).